The van der Waals surface area contributed by atoms with Crippen LogP contribution < -0.4 is 10.6 Å². The van der Waals surface area contributed by atoms with Crippen molar-refractivity contribution in [2.75, 3.05) is 33.4 Å². The molecule has 0 spiro atoms. The molecule has 0 aliphatic heterocycles. The first-order valence-electron chi connectivity index (χ1n) is 4.44. The molecule has 0 aromatic rings. The quantitative estimate of drug-likeness (QED) is 0.480. The summed E-state index contributed by atoms with van der Waals surface area (Å²) in [6, 6.07) is 0. The lowest BCUT2D eigenvalue weighted by Gasteiger charge is -2.03. The van der Waals surface area contributed by atoms with E-state index < -0.39 is 6.09 Å². The molecule has 3 N–H and O–H groups in total. The minimum Gasteiger partial charge on any atom is -0.465 e. The predicted molar refractivity (Wildman–Crippen MR) is 50.0 cm³/mol. The Morgan fingerprint density at radius 3 is 2.62 bits per heavy atom. The van der Waals surface area contributed by atoms with E-state index in [1.807, 2.05) is 0 Å². The third-order valence-electron chi connectivity index (χ3n) is 1.54. The summed E-state index contributed by atoms with van der Waals surface area (Å²) in [5.74, 6) is 0. The van der Waals surface area contributed by atoms with Gasteiger partial charge in [0.25, 0.3) is 0 Å². The highest BCUT2D eigenvalue weighted by molar-refractivity contribution is 5.64. The van der Waals surface area contributed by atoms with Crippen LogP contribution in [0.4, 0.5) is 4.79 Å². The topological polar surface area (TPSA) is 70.6 Å². The lowest BCUT2D eigenvalue weighted by molar-refractivity contribution is 0.194. The van der Waals surface area contributed by atoms with Crippen LogP contribution >= 0.6 is 0 Å². The maximum Gasteiger partial charge on any atom is 0.404 e. The zero-order chi connectivity index (χ0) is 9.94. The standard InChI is InChI=1S/C8H18N2O3/c1-13-7-6-9-4-2-3-5-10-8(11)12/h9-10H,2-7H2,1H3,(H,11,12). The molecule has 0 aromatic carbocycles. The van der Waals surface area contributed by atoms with Gasteiger partial charge in [0.05, 0.1) is 6.61 Å². The largest absolute Gasteiger partial charge is 0.465 e. The number of hydrogen-bond donors (Lipinski definition) is 3. The van der Waals surface area contributed by atoms with Crippen molar-refractivity contribution in [2.24, 2.45) is 0 Å². The highest BCUT2D eigenvalue weighted by Gasteiger charge is 1.92. The lowest BCUT2D eigenvalue weighted by Crippen LogP contribution is -2.24. The number of methoxy groups -OCH3 is 1. The summed E-state index contributed by atoms with van der Waals surface area (Å²) in [4.78, 5) is 10.0. The van der Waals surface area contributed by atoms with Crippen molar-refractivity contribution in [1.82, 2.24) is 10.6 Å². The fourth-order valence-electron chi connectivity index (χ4n) is 0.870. The second-order valence-corrected chi connectivity index (χ2v) is 2.68. The molecular weight excluding hydrogens is 172 g/mol. The molecule has 0 saturated heterocycles. The normalized spacial score (nSPS) is 9.92. The number of rotatable bonds is 8. The van der Waals surface area contributed by atoms with E-state index in [0.29, 0.717) is 13.2 Å². The number of nitrogens with one attached hydrogen (secondary N) is 2. The average Bonchev–Trinajstić information content (AvgIpc) is 2.09. The van der Waals surface area contributed by atoms with Crippen LogP contribution in [-0.4, -0.2) is 44.6 Å². The first kappa shape index (κ1) is 12.2. The summed E-state index contributed by atoms with van der Waals surface area (Å²) in [7, 11) is 1.67. The fourth-order valence-corrected chi connectivity index (χ4v) is 0.870. The van der Waals surface area contributed by atoms with Gasteiger partial charge in [-0.1, -0.05) is 0 Å². The lowest BCUT2D eigenvalue weighted by atomic mass is 10.3. The van der Waals surface area contributed by atoms with Crippen molar-refractivity contribution >= 4 is 6.09 Å². The minimum atomic E-state index is -0.952. The third kappa shape index (κ3) is 11.2. The van der Waals surface area contributed by atoms with E-state index in [-0.39, 0.29) is 0 Å². The predicted octanol–water partition coefficient (Wildman–Crippen LogP) is 0.270. The smallest absolute Gasteiger partial charge is 0.404 e. The molecule has 0 aromatic heterocycles. The molecule has 13 heavy (non-hydrogen) atoms. The molecule has 0 aliphatic rings. The van der Waals surface area contributed by atoms with Gasteiger partial charge in [0.2, 0.25) is 0 Å². The first-order valence-corrected chi connectivity index (χ1v) is 4.44. The summed E-state index contributed by atoms with van der Waals surface area (Å²) >= 11 is 0. The summed E-state index contributed by atoms with van der Waals surface area (Å²) in [5, 5.41) is 13.7. The molecule has 0 aliphatic carbocycles. The van der Waals surface area contributed by atoms with Crippen molar-refractivity contribution in [3.63, 3.8) is 0 Å². The van der Waals surface area contributed by atoms with Gasteiger partial charge in [-0.05, 0) is 19.4 Å². The molecule has 0 rings (SSSR count). The second kappa shape index (κ2) is 9.28. The Morgan fingerprint density at radius 2 is 2.00 bits per heavy atom. The van der Waals surface area contributed by atoms with Gasteiger partial charge in [0.15, 0.2) is 0 Å². The maximum absolute atomic E-state index is 10.0. The summed E-state index contributed by atoms with van der Waals surface area (Å²) in [6.45, 7) is 3.00. The van der Waals surface area contributed by atoms with Gasteiger partial charge in [-0.15, -0.1) is 0 Å². The molecule has 0 unspecified atom stereocenters. The molecule has 5 heteroatoms. The van der Waals surface area contributed by atoms with Crippen molar-refractivity contribution in [3.8, 4) is 0 Å². The van der Waals surface area contributed by atoms with Gasteiger partial charge in [-0.3, -0.25) is 0 Å². The Hall–Kier alpha value is -0.810. The van der Waals surface area contributed by atoms with Crippen LogP contribution in [0, 0.1) is 0 Å². The third-order valence-corrected chi connectivity index (χ3v) is 1.54. The van der Waals surface area contributed by atoms with Gasteiger partial charge < -0.3 is 20.5 Å². The SMILES string of the molecule is COCCNCCCCNC(=O)O. The number of unbranched alkanes of at least 4 members (excludes halogenated alkanes) is 1. The molecule has 0 atom stereocenters. The number of carboxylic acid groups (broad SMARTS) is 1. The van der Waals surface area contributed by atoms with Gasteiger partial charge in [0, 0.05) is 20.2 Å². The Labute approximate surface area is 78.5 Å². The maximum atomic E-state index is 10.0. The van der Waals surface area contributed by atoms with Gasteiger partial charge in [0.1, 0.15) is 0 Å². The van der Waals surface area contributed by atoms with Gasteiger partial charge in [-0.25, -0.2) is 4.79 Å². The van der Waals surface area contributed by atoms with E-state index in [9.17, 15) is 4.79 Å². The van der Waals surface area contributed by atoms with Crippen LogP contribution in [0.1, 0.15) is 12.8 Å². The highest BCUT2D eigenvalue weighted by Crippen LogP contribution is 1.83. The molecule has 1 amide bonds. The molecule has 5 nitrogen and oxygen atoms in total. The minimum absolute atomic E-state index is 0.529. The molecule has 0 bridgehead atoms. The van der Waals surface area contributed by atoms with Crippen LogP contribution in [-0.2, 0) is 4.74 Å². The van der Waals surface area contributed by atoms with E-state index in [1.165, 1.54) is 0 Å². The number of carbonyl (C=O) groups is 1. The van der Waals surface area contributed by atoms with E-state index in [2.05, 4.69) is 10.6 Å². The molecule has 0 radical (unpaired) electrons. The van der Waals surface area contributed by atoms with Crippen LogP contribution in [0.3, 0.4) is 0 Å². The van der Waals surface area contributed by atoms with E-state index in [0.717, 1.165) is 25.9 Å². The van der Waals surface area contributed by atoms with Gasteiger partial charge in [-0.2, -0.15) is 0 Å². The van der Waals surface area contributed by atoms with E-state index in [1.54, 1.807) is 7.11 Å². The van der Waals surface area contributed by atoms with Gasteiger partial charge >= 0.3 is 6.09 Å². The number of ether oxygens (including phenoxy) is 1. The summed E-state index contributed by atoms with van der Waals surface area (Å²) in [5.41, 5.74) is 0. The Bertz CT molecular complexity index is 131. The molecule has 0 fully saturated rings. The molecule has 78 valence electrons. The van der Waals surface area contributed by atoms with Crippen LogP contribution in [0.5, 0.6) is 0 Å². The van der Waals surface area contributed by atoms with E-state index in [4.69, 9.17) is 9.84 Å². The fraction of sp³-hybridized carbons (Fsp3) is 0.875. The summed E-state index contributed by atoms with van der Waals surface area (Å²) in [6.07, 6.45) is 0.892. The zero-order valence-electron chi connectivity index (χ0n) is 8.01. The monoisotopic (exact) mass is 190 g/mol. The second-order valence-electron chi connectivity index (χ2n) is 2.68. The van der Waals surface area contributed by atoms with Crippen LogP contribution in [0.25, 0.3) is 0 Å². The Balaban J connectivity index is 2.87. The van der Waals surface area contributed by atoms with Crippen molar-refractivity contribution < 1.29 is 14.6 Å². The Kier molecular flexibility index (Phi) is 8.70. The Morgan fingerprint density at radius 1 is 1.31 bits per heavy atom. The molecule has 0 heterocycles. The highest BCUT2D eigenvalue weighted by atomic mass is 16.5. The van der Waals surface area contributed by atoms with E-state index >= 15 is 0 Å². The molecular formula is C8H18N2O3. The number of amides is 1. The zero-order valence-corrected chi connectivity index (χ0v) is 8.01. The summed E-state index contributed by atoms with van der Waals surface area (Å²) < 4.78 is 4.85. The first-order chi connectivity index (χ1) is 6.27. The molecule has 0 saturated carbocycles. The van der Waals surface area contributed by atoms with Crippen molar-refractivity contribution in [1.29, 1.82) is 0 Å². The van der Waals surface area contributed by atoms with Crippen LogP contribution in [0.2, 0.25) is 0 Å². The van der Waals surface area contributed by atoms with Crippen LogP contribution in [0.15, 0.2) is 0 Å². The van der Waals surface area contributed by atoms with Crippen molar-refractivity contribution in [2.45, 2.75) is 12.8 Å². The average molecular weight is 190 g/mol. The van der Waals surface area contributed by atoms with Crippen molar-refractivity contribution in [3.05, 3.63) is 0 Å². The number of hydrogen-bond acceptors (Lipinski definition) is 3.